The Bertz CT molecular complexity index is 610. The van der Waals surface area contributed by atoms with Crippen molar-refractivity contribution in [1.82, 2.24) is 15.1 Å². The van der Waals surface area contributed by atoms with E-state index in [0.29, 0.717) is 0 Å². The first-order chi connectivity index (χ1) is 10.0. The summed E-state index contributed by atoms with van der Waals surface area (Å²) in [6.07, 6.45) is 1.75. The lowest BCUT2D eigenvalue weighted by molar-refractivity contribution is 0.525. The maximum Gasteiger partial charge on any atom is 0.124 e. The number of halogens is 2. The molecule has 0 radical (unpaired) electrons. The van der Waals surface area contributed by atoms with Gasteiger partial charge in [-0.1, -0.05) is 35.8 Å². The van der Waals surface area contributed by atoms with Crippen molar-refractivity contribution in [3.05, 3.63) is 51.5 Å². The van der Waals surface area contributed by atoms with Gasteiger partial charge in [0.15, 0.2) is 0 Å². The van der Waals surface area contributed by atoms with E-state index >= 15 is 0 Å². The van der Waals surface area contributed by atoms with Crippen molar-refractivity contribution >= 4 is 15.9 Å². The molecule has 0 fully saturated rings. The van der Waals surface area contributed by atoms with Gasteiger partial charge in [-0.25, -0.2) is 4.39 Å². The molecule has 0 saturated carbocycles. The van der Waals surface area contributed by atoms with E-state index in [1.807, 2.05) is 17.8 Å². The molecule has 0 amide bonds. The van der Waals surface area contributed by atoms with Gasteiger partial charge < -0.3 is 5.32 Å². The Morgan fingerprint density at radius 3 is 2.67 bits per heavy atom. The number of likely N-dealkylation sites (N-methyl/N-ethyl adjacent to an activating group) is 1. The highest BCUT2D eigenvalue weighted by Gasteiger charge is 2.17. The molecule has 0 saturated heterocycles. The third-order valence-corrected chi connectivity index (χ3v) is 4.28. The highest BCUT2D eigenvalue weighted by molar-refractivity contribution is 9.10. The SMILES string of the molecule is CCNC(Cc1cc(CC)nn1C)c1ccc(F)cc1Br. The summed E-state index contributed by atoms with van der Waals surface area (Å²) < 4.78 is 16.0. The largest absolute Gasteiger partial charge is 0.310 e. The Kier molecular flexibility index (Phi) is 5.53. The summed E-state index contributed by atoms with van der Waals surface area (Å²) in [7, 11) is 1.97. The zero-order chi connectivity index (χ0) is 15.4. The lowest BCUT2D eigenvalue weighted by atomic mass is 10.0. The highest BCUT2D eigenvalue weighted by Crippen LogP contribution is 2.27. The van der Waals surface area contributed by atoms with Crippen molar-refractivity contribution < 1.29 is 4.39 Å². The lowest BCUT2D eigenvalue weighted by Crippen LogP contribution is -2.24. The summed E-state index contributed by atoms with van der Waals surface area (Å²) in [5, 5.41) is 7.96. The molecule has 0 spiro atoms. The molecule has 0 aliphatic carbocycles. The molecular weight excluding hydrogens is 333 g/mol. The molecule has 0 bridgehead atoms. The molecule has 5 heteroatoms. The van der Waals surface area contributed by atoms with Crippen LogP contribution in [0.25, 0.3) is 0 Å². The minimum atomic E-state index is -0.227. The van der Waals surface area contributed by atoms with Crippen LogP contribution in [0.3, 0.4) is 0 Å². The van der Waals surface area contributed by atoms with Gasteiger partial charge in [0.1, 0.15) is 5.82 Å². The number of nitrogens with zero attached hydrogens (tertiary/aromatic N) is 2. The number of hydrogen-bond donors (Lipinski definition) is 1. The summed E-state index contributed by atoms with van der Waals surface area (Å²) in [6.45, 7) is 5.03. The van der Waals surface area contributed by atoms with Gasteiger partial charge in [0, 0.05) is 29.7 Å². The first kappa shape index (κ1) is 16.2. The number of benzene rings is 1. The molecule has 2 rings (SSSR count). The van der Waals surface area contributed by atoms with E-state index in [9.17, 15) is 4.39 Å². The third-order valence-electron chi connectivity index (χ3n) is 3.59. The third kappa shape index (κ3) is 3.92. The average Bonchev–Trinajstić information content (AvgIpc) is 2.79. The second-order valence-corrected chi connectivity index (χ2v) is 5.94. The maximum absolute atomic E-state index is 13.3. The monoisotopic (exact) mass is 353 g/mol. The molecule has 0 aliphatic heterocycles. The molecule has 2 aromatic rings. The Hall–Kier alpha value is -1.20. The summed E-state index contributed by atoms with van der Waals surface area (Å²) in [4.78, 5) is 0. The molecular formula is C16H21BrFN3. The van der Waals surface area contributed by atoms with E-state index in [1.54, 1.807) is 0 Å². The van der Waals surface area contributed by atoms with Crippen LogP contribution in [0, 0.1) is 5.82 Å². The van der Waals surface area contributed by atoms with Crippen molar-refractivity contribution in [2.24, 2.45) is 7.05 Å². The van der Waals surface area contributed by atoms with Gasteiger partial charge >= 0.3 is 0 Å². The molecule has 0 aliphatic rings. The van der Waals surface area contributed by atoms with Gasteiger partial charge in [0.2, 0.25) is 0 Å². The van der Waals surface area contributed by atoms with E-state index < -0.39 is 0 Å². The summed E-state index contributed by atoms with van der Waals surface area (Å²) in [5.41, 5.74) is 3.34. The van der Waals surface area contributed by atoms with Crippen molar-refractivity contribution in [2.45, 2.75) is 32.7 Å². The van der Waals surface area contributed by atoms with Gasteiger partial charge in [0.05, 0.1) is 5.69 Å². The van der Waals surface area contributed by atoms with Gasteiger partial charge in [0.25, 0.3) is 0 Å². The molecule has 1 aromatic carbocycles. The number of nitrogens with one attached hydrogen (secondary N) is 1. The zero-order valence-corrected chi connectivity index (χ0v) is 14.2. The predicted molar refractivity (Wildman–Crippen MR) is 86.8 cm³/mol. The van der Waals surface area contributed by atoms with E-state index in [4.69, 9.17) is 0 Å². The fourth-order valence-electron chi connectivity index (χ4n) is 2.47. The maximum atomic E-state index is 13.3. The van der Waals surface area contributed by atoms with Crippen LogP contribution in [0.15, 0.2) is 28.7 Å². The van der Waals surface area contributed by atoms with Crippen molar-refractivity contribution in [2.75, 3.05) is 6.54 Å². The van der Waals surface area contributed by atoms with Crippen LogP contribution in [0.4, 0.5) is 4.39 Å². The Morgan fingerprint density at radius 2 is 2.10 bits per heavy atom. The highest BCUT2D eigenvalue weighted by atomic mass is 79.9. The number of hydrogen-bond acceptors (Lipinski definition) is 2. The molecule has 1 heterocycles. The van der Waals surface area contributed by atoms with Crippen LogP contribution in [0.1, 0.15) is 36.8 Å². The Balaban J connectivity index is 2.28. The average molecular weight is 354 g/mol. The fraction of sp³-hybridized carbons (Fsp3) is 0.438. The molecule has 1 unspecified atom stereocenters. The van der Waals surface area contributed by atoms with Gasteiger partial charge in [-0.15, -0.1) is 0 Å². The minimum Gasteiger partial charge on any atom is -0.310 e. The number of aryl methyl sites for hydroxylation is 2. The topological polar surface area (TPSA) is 29.9 Å². The molecule has 1 atom stereocenters. The Morgan fingerprint density at radius 1 is 1.33 bits per heavy atom. The first-order valence-electron chi connectivity index (χ1n) is 7.25. The number of rotatable bonds is 6. The molecule has 21 heavy (non-hydrogen) atoms. The van der Waals surface area contributed by atoms with E-state index in [1.165, 1.54) is 17.8 Å². The second kappa shape index (κ2) is 7.18. The molecule has 114 valence electrons. The van der Waals surface area contributed by atoms with Crippen LogP contribution in [0.5, 0.6) is 0 Å². The Labute approximate surface area is 133 Å². The standard InChI is InChI=1S/C16H21BrFN3/c1-4-12-9-13(21(3)20-12)10-16(19-5-2)14-7-6-11(18)8-15(14)17/h6-9,16,19H,4-5,10H2,1-3H3. The van der Waals surface area contributed by atoms with Crippen LogP contribution < -0.4 is 5.32 Å². The zero-order valence-electron chi connectivity index (χ0n) is 12.7. The van der Waals surface area contributed by atoms with E-state index in [2.05, 4.69) is 46.3 Å². The minimum absolute atomic E-state index is 0.130. The van der Waals surface area contributed by atoms with Crippen molar-refractivity contribution in [1.29, 1.82) is 0 Å². The van der Waals surface area contributed by atoms with Gasteiger partial charge in [-0.2, -0.15) is 5.10 Å². The fourth-order valence-corrected chi connectivity index (χ4v) is 3.09. The summed E-state index contributed by atoms with van der Waals surface area (Å²) in [5.74, 6) is -0.227. The van der Waals surface area contributed by atoms with Crippen LogP contribution in [-0.4, -0.2) is 16.3 Å². The first-order valence-corrected chi connectivity index (χ1v) is 8.04. The molecule has 1 aromatic heterocycles. The van der Waals surface area contributed by atoms with Crippen LogP contribution in [0.2, 0.25) is 0 Å². The predicted octanol–water partition coefficient (Wildman–Crippen LogP) is 3.78. The van der Waals surface area contributed by atoms with Crippen LogP contribution in [-0.2, 0) is 19.9 Å². The van der Waals surface area contributed by atoms with E-state index in [-0.39, 0.29) is 11.9 Å². The smallest absolute Gasteiger partial charge is 0.124 e. The molecule has 1 N–H and O–H groups in total. The summed E-state index contributed by atoms with van der Waals surface area (Å²) in [6, 6.07) is 7.13. The van der Waals surface area contributed by atoms with Crippen molar-refractivity contribution in [3.8, 4) is 0 Å². The van der Waals surface area contributed by atoms with Gasteiger partial charge in [-0.05, 0) is 36.7 Å². The summed E-state index contributed by atoms with van der Waals surface area (Å²) >= 11 is 3.47. The van der Waals surface area contributed by atoms with Gasteiger partial charge in [-0.3, -0.25) is 4.68 Å². The lowest BCUT2D eigenvalue weighted by Gasteiger charge is -2.20. The second-order valence-electron chi connectivity index (χ2n) is 5.08. The quantitative estimate of drug-likeness (QED) is 0.856. The normalized spacial score (nSPS) is 12.6. The number of aromatic nitrogens is 2. The van der Waals surface area contributed by atoms with Crippen LogP contribution >= 0.6 is 15.9 Å². The van der Waals surface area contributed by atoms with E-state index in [0.717, 1.165) is 35.1 Å². The van der Waals surface area contributed by atoms with Crippen molar-refractivity contribution in [3.63, 3.8) is 0 Å². The molecule has 3 nitrogen and oxygen atoms in total.